The maximum absolute atomic E-state index is 12.6. The largest absolute Gasteiger partial charge is 0.748 e. The zero-order valence-corrected chi connectivity index (χ0v) is 12.5. The number of pyridine rings is 1. The van der Waals surface area contributed by atoms with Crippen LogP contribution in [-0.2, 0) is 22.8 Å². The molecule has 23 heavy (non-hydrogen) atoms. The summed E-state index contributed by atoms with van der Waals surface area (Å²) in [5.41, 5.74) is 0.590. The Balaban J connectivity index is 2.11. The summed E-state index contributed by atoms with van der Waals surface area (Å²) in [6.45, 7) is 0.305. The van der Waals surface area contributed by atoms with Crippen LogP contribution in [0.5, 0.6) is 0 Å². The molecule has 6 nitrogen and oxygen atoms in total. The molecule has 2 aromatic heterocycles. The van der Waals surface area contributed by atoms with E-state index in [2.05, 4.69) is 9.97 Å². The molecular formula is C13H12F3N3O3S. The second-order valence-corrected chi connectivity index (χ2v) is 6.23. The average molecular weight is 347 g/mol. The summed E-state index contributed by atoms with van der Waals surface area (Å²) in [6.07, 6.45) is -0.286. The second kappa shape index (κ2) is 6.59. The number of aromatic nitrogens is 3. The monoisotopic (exact) mass is 347 g/mol. The Kier molecular flexibility index (Phi) is 4.95. The molecule has 0 radical (unpaired) electrons. The highest BCUT2D eigenvalue weighted by atomic mass is 32.2. The Morgan fingerprint density at radius 1 is 1.17 bits per heavy atom. The SMILES string of the molecule is O=S(=O)([O-])CCC[n+]1ccc(-c2ccnc(C(F)(F)F)n2)cc1. The minimum absolute atomic E-state index is 0.126. The van der Waals surface area contributed by atoms with Gasteiger partial charge in [0.15, 0.2) is 12.4 Å². The van der Waals surface area contributed by atoms with Crippen molar-refractivity contribution in [2.75, 3.05) is 5.75 Å². The van der Waals surface area contributed by atoms with E-state index < -0.39 is 27.9 Å². The molecule has 0 saturated heterocycles. The summed E-state index contributed by atoms with van der Waals surface area (Å²) in [5.74, 6) is -1.69. The summed E-state index contributed by atoms with van der Waals surface area (Å²) in [4.78, 5) is 6.66. The molecule has 2 rings (SSSR count). The lowest BCUT2D eigenvalue weighted by molar-refractivity contribution is -0.696. The molecule has 0 fully saturated rings. The van der Waals surface area contributed by atoms with Crippen LogP contribution in [0.2, 0.25) is 0 Å². The highest BCUT2D eigenvalue weighted by Gasteiger charge is 2.34. The summed E-state index contributed by atoms with van der Waals surface area (Å²) < 4.78 is 70.9. The first-order valence-electron chi connectivity index (χ1n) is 6.48. The molecule has 0 aromatic carbocycles. The van der Waals surface area contributed by atoms with Gasteiger partial charge < -0.3 is 4.55 Å². The van der Waals surface area contributed by atoms with Crippen molar-refractivity contribution < 1.29 is 30.7 Å². The summed E-state index contributed by atoms with van der Waals surface area (Å²) >= 11 is 0. The molecule has 0 spiro atoms. The van der Waals surface area contributed by atoms with Crippen LogP contribution < -0.4 is 4.57 Å². The molecule has 124 valence electrons. The van der Waals surface area contributed by atoms with Gasteiger partial charge in [0.1, 0.15) is 6.54 Å². The van der Waals surface area contributed by atoms with E-state index in [1.165, 1.54) is 6.07 Å². The van der Waals surface area contributed by atoms with Crippen molar-refractivity contribution in [1.29, 1.82) is 0 Å². The smallest absolute Gasteiger partial charge is 0.451 e. The van der Waals surface area contributed by atoms with Crippen molar-refractivity contribution in [2.45, 2.75) is 19.1 Å². The zero-order chi connectivity index (χ0) is 17.1. The molecule has 0 atom stereocenters. The molecule has 0 N–H and O–H groups in total. The van der Waals surface area contributed by atoms with Crippen LogP contribution in [-0.4, -0.2) is 28.7 Å². The highest BCUT2D eigenvalue weighted by Crippen LogP contribution is 2.27. The maximum Gasteiger partial charge on any atom is 0.451 e. The van der Waals surface area contributed by atoms with Crippen molar-refractivity contribution in [3.05, 3.63) is 42.6 Å². The second-order valence-electron chi connectivity index (χ2n) is 4.70. The van der Waals surface area contributed by atoms with Crippen LogP contribution in [0, 0.1) is 0 Å². The molecule has 0 saturated carbocycles. The minimum atomic E-state index is -4.62. The molecule has 10 heteroatoms. The van der Waals surface area contributed by atoms with Gasteiger partial charge in [-0.2, -0.15) is 13.2 Å². The highest BCUT2D eigenvalue weighted by molar-refractivity contribution is 7.85. The molecule has 0 aliphatic heterocycles. The summed E-state index contributed by atoms with van der Waals surface area (Å²) in [6, 6.07) is 4.46. The van der Waals surface area contributed by atoms with Gasteiger partial charge in [-0.3, -0.25) is 0 Å². The molecule has 2 heterocycles. The molecule has 0 aliphatic carbocycles. The minimum Gasteiger partial charge on any atom is -0.748 e. The van der Waals surface area contributed by atoms with E-state index in [1.807, 2.05) is 0 Å². The Morgan fingerprint density at radius 2 is 1.83 bits per heavy atom. The fourth-order valence-electron chi connectivity index (χ4n) is 1.86. The van der Waals surface area contributed by atoms with E-state index in [0.717, 1.165) is 6.20 Å². The number of halogens is 3. The molecule has 2 aromatic rings. The van der Waals surface area contributed by atoms with Gasteiger partial charge in [-0.1, -0.05) is 0 Å². The molecule has 0 aliphatic rings. The van der Waals surface area contributed by atoms with Gasteiger partial charge in [0.05, 0.1) is 15.8 Å². The lowest BCUT2D eigenvalue weighted by Gasteiger charge is -2.06. The van der Waals surface area contributed by atoms with Crippen LogP contribution in [0.1, 0.15) is 12.2 Å². The van der Waals surface area contributed by atoms with Gasteiger partial charge >= 0.3 is 6.18 Å². The van der Waals surface area contributed by atoms with Gasteiger partial charge in [0, 0.05) is 36.1 Å². The fourth-order valence-corrected chi connectivity index (χ4v) is 2.34. The quantitative estimate of drug-likeness (QED) is 0.602. The van der Waals surface area contributed by atoms with Crippen molar-refractivity contribution in [3.63, 3.8) is 0 Å². The van der Waals surface area contributed by atoms with Crippen molar-refractivity contribution >= 4 is 10.1 Å². The predicted molar refractivity (Wildman–Crippen MR) is 71.8 cm³/mol. The lowest BCUT2D eigenvalue weighted by Crippen LogP contribution is -2.33. The maximum atomic E-state index is 12.6. The Morgan fingerprint density at radius 3 is 2.39 bits per heavy atom. The standard InChI is InChI=1S/C13H12F3N3O3S/c14-13(15,16)12-17-5-2-11(18-12)10-3-7-19(8-4-10)6-1-9-23(20,21)22/h2-5,7-8H,1,6,9H2. The first kappa shape index (κ1) is 17.3. The van der Waals surface area contributed by atoms with E-state index >= 15 is 0 Å². The number of hydrogen-bond acceptors (Lipinski definition) is 5. The van der Waals surface area contributed by atoms with E-state index in [0.29, 0.717) is 12.1 Å². The third kappa shape index (κ3) is 5.25. The van der Waals surface area contributed by atoms with Crippen LogP contribution in [0.15, 0.2) is 36.8 Å². The van der Waals surface area contributed by atoms with Crippen molar-refractivity contribution in [3.8, 4) is 11.3 Å². The van der Waals surface area contributed by atoms with Gasteiger partial charge in [0.25, 0.3) is 0 Å². The lowest BCUT2D eigenvalue weighted by atomic mass is 10.2. The van der Waals surface area contributed by atoms with Gasteiger partial charge in [-0.15, -0.1) is 0 Å². The van der Waals surface area contributed by atoms with Crippen molar-refractivity contribution in [2.24, 2.45) is 0 Å². The number of nitrogens with zero attached hydrogens (tertiary/aromatic N) is 3. The van der Waals surface area contributed by atoms with Crippen LogP contribution in [0.3, 0.4) is 0 Å². The molecule has 0 unspecified atom stereocenters. The number of hydrogen-bond donors (Lipinski definition) is 0. The topological polar surface area (TPSA) is 86.9 Å². The number of aryl methyl sites for hydroxylation is 1. The predicted octanol–water partition coefficient (Wildman–Crippen LogP) is 1.39. The third-order valence-electron chi connectivity index (χ3n) is 2.91. The van der Waals surface area contributed by atoms with Crippen LogP contribution in [0.25, 0.3) is 11.3 Å². The zero-order valence-electron chi connectivity index (χ0n) is 11.7. The Bertz CT molecular complexity index is 777. The van der Waals surface area contributed by atoms with Gasteiger partial charge in [-0.05, 0) is 6.07 Å². The number of rotatable bonds is 5. The molecule has 0 amide bonds. The fraction of sp³-hybridized carbons (Fsp3) is 0.308. The molecular weight excluding hydrogens is 335 g/mol. The average Bonchev–Trinajstić information content (AvgIpc) is 2.46. The van der Waals surface area contributed by atoms with E-state index in [1.54, 1.807) is 29.1 Å². The van der Waals surface area contributed by atoms with Crippen LogP contribution >= 0.6 is 0 Å². The Hall–Kier alpha value is -2.07. The van der Waals surface area contributed by atoms with Gasteiger partial charge in [-0.25, -0.2) is 23.0 Å². The Labute approximate surface area is 130 Å². The van der Waals surface area contributed by atoms with E-state index in [9.17, 15) is 26.1 Å². The van der Waals surface area contributed by atoms with E-state index in [-0.39, 0.29) is 12.1 Å². The van der Waals surface area contributed by atoms with E-state index in [4.69, 9.17) is 0 Å². The third-order valence-corrected chi connectivity index (χ3v) is 3.70. The van der Waals surface area contributed by atoms with Crippen molar-refractivity contribution in [1.82, 2.24) is 9.97 Å². The van der Waals surface area contributed by atoms with Crippen LogP contribution in [0.4, 0.5) is 13.2 Å². The number of alkyl halides is 3. The first-order chi connectivity index (χ1) is 10.6. The molecule has 0 bridgehead atoms. The normalized spacial score (nSPS) is 12.3. The summed E-state index contributed by atoms with van der Waals surface area (Å²) in [5, 5.41) is 0. The van der Waals surface area contributed by atoms with Gasteiger partial charge in [0.2, 0.25) is 5.82 Å². The summed E-state index contributed by atoms with van der Waals surface area (Å²) in [7, 11) is -4.25. The first-order valence-corrected chi connectivity index (χ1v) is 8.06.